The van der Waals surface area contributed by atoms with Crippen LogP contribution in [-0.2, 0) is 6.42 Å². The Morgan fingerprint density at radius 3 is 2.42 bits per heavy atom. The van der Waals surface area contributed by atoms with Crippen LogP contribution in [0.4, 0.5) is 0 Å². The van der Waals surface area contributed by atoms with E-state index in [-0.39, 0.29) is 12.5 Å². The highest BCUT2D eigenvalue weighted by atomic mass is 16.5. The minimum Gasteiger partial charge on any atom is -0.457 e. The van der Waals surface area contributed by atoms with Crippen LogP contribution in [0.15, 0.2) is 54.6 Å². The van der Waals surface area contributed by atoms with E-state index < -0.39 is 0 Å². The Kier molecular flexibility index (Phi) is 4.95. The van der Waals surface area contributed by atoms with E-state index in [2.05, 4.69) is 0 Å². The van der Waals surface area contributed by atoms with Crippen molar-refractivity contribution in [3.05, 3.63) is 60.2 Å². The molecule has 100 valence electrons. The number of hydrogen-bond donors (Lipinski definition) is 2. The van der Waals surface area contributed by atoms with Crippen LogP contribution in [0.1, 0.15) is 5.56 Å². The van der Waals surface area contributed by atoms with Gasteiger partial charge in [0.05, 0.1) is 0 Å². The van der Waals surface area contributed by atoms with Gasteiger partial charge in [0, 0.05) is 6.61 Å². The van der Waals surface area contributed by atoms with E-state index in [0.29, 0.717) is 6.54 Å². The number of rotatable bonds is 6. The fourth-order valence-electron chi connectivity index (χ4n) is 1.92. The maximum atomic E-state index is 9.18. The van der Waals surface area contributed by atoms with Crippen molar-refractivity contribution in [2.45, 2.75) is 6.42 Å². The fraction of sp³-hybridized carbons (Fsp3) is 0.250. The smallest absolute Gasteiger partial charge is 0.127 e. The van der Waals surface area contributed by atoms with Gasteiger partial charge in [-0.2, -0.15) is 0 Å². The summed E-state index contributed by atoms with van der Waals surface area (Å²) in [5, 5.41) is 9.18. The number of benzene rings is 2. The molecule has 1 unspecified atom stereocenters. The molecule has 0 amide bonds. The lowest BCUT2D eigenvalue weighted by Crippen LogP contribution is -2.20. The first-order valence-electron chi connectivity index (χ1n) is 6.44. The summed E-state index contributed by atoms with van der Waals surface area (Å²) < 4.78 is 5.77. The van der Waals surface area contributed by atoms with Gasteiger partial charge < -0.3 is 15.6 Å². The molecule has 3 heteroatoms. The van der Waals surface area contributed by atoms with E-state index in [1.54, 1.807) is 0 Å². The summed E-state index contributed by atoms with van der Waals surface area (Å²) in [4.78, 5) is 0. The Labute approximate surface area is 113 Å². The number of hydrogen-bond acceptors (Lipinski definition) is 3. The van der Waals surface area contributed by atoms with E-state index >= 15 is 0 Å². The molecule has 0 fully saturated rings. The second kappa shape index (κ2) is 6.92. The molecule has 0 aliphatic carbocycles. The first kappa shape index (κ1) is 13.6. The number of ether oxygens (including phenoxy) is 1. The lowest BCUT2D eigenvalue weighted by atomic mass is 10.0. The lowest BCUT2D eigenvalue weighted by molar-refractivity contribution is 0.229. The van der Waals surface area contributed by atoms with Gasteiger partial charge in [-0.05, 0) is 48.7 Å². The summed E-state index contributed by atoms with van der Waals surface area (Å²) in [5.74, 6) is 1.72. The molecule has 19 heavy (non-hydrogen) atoms. The minimum atomic E-state index is 0.104. The van der Waals surface area contributed by atoms with Crippen molar-refractivity contribution in [3.63, 3.8) is 0 Å². The normalized spacial score (nSPS) is 12.1. The number of aliphatic hydroxyl groups is 1. The topological polar surface area (TPSA) is 55.5 Å². The fourth-order valence-corrected chi connectivity index (χ4v) is 1.92. The lowest BCUT2D eigenvalue weighted by Gasteiger charge is -2.12. The van der Waals surface area contributed by atoms with Crippen molar-refractivity contribution >= 4 is 0 Å². The summed E-state index contributed by atoms with van der Waals surface area (Å²) in [5.41, 5.74) is 6.72. The predicted molar refractivity (Wildman–Crippen MR) is 76.3 cm³/mol. The van der Waals surface area contributed by atoms with Gasteiger partial charge in [0.2, 0.25) is 0 Å². The predicted octanol–water partition coefficient (Wildman–Crippen LogP) is 2.59. The van der Waals surface area contributed by atoms with Crippen LogP contribution in [0.3, 0.4) is 0 Å². The highest BCUT2D eigenvalue weighted by molar-refractivity contribution is 5.34. The number of nitrogens with two attached hydrogens (primary N) is 1. The van der Waals surface area contributed by atoms with Gasteiger partial charge in [-0.15, -0.1) is 0 Å². The molecule has 0 spiro atoms. The van der Waals surface area contributed by atoms with E-state index in [1.165, 1.54) is 0 Å². The van der Waals surface area contributed by atoms with Crippen molar-refractivity contribution in [1.29, 1.82) is 0 Å². The SMILES string of the molecule is NCC(CO)Cc1cccc(Oc2ccccc2)c1. The van der Waals surface area contributed by atoms with Gasteiger partial charge in [0.1, 0.15) is 11.5 Å². The Hall–Kier alpha value is -1.84. The van der Waals surface area contributed by atoms with Crippen LogP contribution in [0.5, 0.6) is 11.5 Å². The van der Waals surface area contributed by atoms with Gasteiger partial charge in [0.25, 0.3) is 0 Å². The molecule has 0 saturated heterocycles. The molecular formula is C16H19NO2. The van der Waals surface area contributed by atoms with Crippen LogP contribution in [-0.4, -0.2) is 18.3 Å². The summed E-state index contributed by atoms with van der Waals surface area (Å²) >= 11 is 0. The number of para-hydroxylation sites is 1. The average Bonchev–Trinajstić information content (AvgIpc) is 2.46. The van der Waals surface area contributed by atoms with E-state index in [4.69, 9.17) is 10.5 Å². The molecule has 0 bridgehead atoms. The molecule has 0 heterocycles. The molecule has 2 rings (SSSR count). The van der Waals surface area contributed by atoms with Gasteiger partial charge in [-0.1, -0.05) is 30.3 Å². The Morgan fingerprint density at radius 1 is 1.00 bits per heavy atom. The Balaban J connectivity index is 2.07. The Morgan fingerprint density at radius 2 is 1.74 bits per heavy atom. The van der Waals surface area contributed by atoms with Crippen LogP contribution >= 0.6 is 0 Å². The van der Waals surface area contributed by atoms with Crippen molar-refractivity contribution in [1.82, 2.24) is 0 Å². The molecule has 2 aromatic rings. The zero-order valence-electron chi connectivity index (χ0n) is 10.8. The van der Waals surface area contributed by atoms with Gasteiger partial charge >= 0.3 is 0 Å². The van der Waals surface area contributed by atoms with Crippen molar-refractivity contribution in [2.24, 2.45) is 11.7 Å². The maximum absolute atomic E-state index is 9.18. The minimum absolute atomic E-state index is 0.104. The summed E-state index contributed by atoms with van der Waals surface area (Å²) in [6, 6.07) is 17.6. The van der Waals surface area contributed by atoms with Gasteiger partial charge in [-0.25, -0.2) is 0 Å². The van der Waals surface area contributed by atoms with Crippen LogP contribution in [0.25, 0.3) is 0 Å². The molecule has 3 nitrogen and oxygen atoms in total. The van der Waals surface area contributed by atoms with Crippen molar-refractivity contribution in [2.75, 3.05) is 13.2 Å². The van der Waals surface area contributed by atoms with Crippen molar-refractivity contribution in [3.8, 4) is 11.5 Å². The summed E-state index contributed by atoms with van der Waals surface area (Å²) in [7, 11) is 0. The molecule has 2 aromatic carbocycles. The van der Waals surface area contributed by atoms with Gasteiger partial charge in [0.15, 0.2) is 0 Å². The third-order valence-electron chi connectivity index (χ3n) is 2.99. The highest BCUT2D eigenvalue weighted by Gasteiger charge is 2.07. The Bertz CT molecular complexity index is 495. The zero-order valence-corrected chi connectivity index (χ0v) is 10.8. The van der Waals surface area contributed by atoms with E-state index in [1.807, 2.05) is 54.6 Å². The second-order valence-corrected chi connectivity index (χ2v) is 4.55. The highest BCUT2D eigenvalue weighted by Crippen LogP contribution is 2.22. The van der Waals surface area contributed by atoms with Crippen LogP contribution in [0, 0.1) is 5.92 Å². The molecular weight excluding hydrogens is 238 g/mol. The molecule has 0 radical (unpaired) electrons. The molecule has 3 N–H and O–H groups in total. The monoisotopic (exact) mass is 257 g/mol. The molecule has 1 atom stereocenters. The van der Waals surface area contributed by atoms with Gasteiger partial charge in [-0.3, -0.25) is 0 Å². The standard InChI is InChI=1S/C16H19NO2/c17-11-14(12-18)9-13-5-4-8-16(10-13)19-15-6-2-1-3-7-15/h1-8,10,14,18H,9,11-12,17H2. The molecule has 0 aliphatic rings. The first-order valence-corrected chi connectivity index (χ1v) is 6.44. The first-order chi connectivity index (χ1) is 9.31. The second-order valence-electron chi connectivity index (χ2n) is 4.55. The third-order valence-corrected chi connectivity index (χ3v) is 2.99. The number of aliphatic hydroxyl groups excluding tert-OH is 1. The summed E-state index contributed by atoms with van der Waals surface area (Å²) in [6.45, 7) is 0.598. The van der Waals surface area contributed by atoms with Crippen molar-refractivity contribution < 1.29 is 9.84 Å². The van der Waals surface area contributed by atoms with E-state index in [9.17, 15) is 5.11 Å². The largest absolute Gasteiger partial charge is 0.457 e. The summed E-state index contributed by atoms with van der Waals surface area (Å²) in [6.07, 6.45) is 0.763. The average molecular weight is 257 g/mol. The molecule has 0 aliphatic heterocycles. The maximum Gasteiger partial charge on any atom is 0.127 e. The quantitative estimate of drug-likeness (QED) is 0.836. The van der Waals surface area contributed by atoms with Crippen LogP contribution < -0.4 is 10.5 Å². The van der Waals surface area contributed by atoms with E-state index in [0.717, 1.165) is 23.5 Å². The van der Waals surface area contributed by atoms with Crippen LogP contribution in [0.2, 0.25) is 0 Å². The molecule has 0 saturated carbocycles. The zero-order chi connectivity index (χ0) is 13.5. The third kappa shape index (κ3) is 4.09. The molecule has 0 aromatic heterocycles.